The third-order valence-electron chi connectivity index (χ3n) is 5.62. The van der Waals surface area contributed by atoms with E-state index in [2.05, 4.69) is 6.58 Å². The first kappa shape index (κ1) is 20.9. The predicted octanol–water partition coefficient (Wildman–Crippen LogP) is 3.71. The normalized spacial score (nSPS) is 27.1. The first-order valence-electron chi connectivity index (χ1n) is 9.12. The summed E-state index contributed by atoms with van der Waals surface area (Å²) in [5.41, 5.74) is 1.72. The third kappa shape index (κ3) is 4.29. The highest BCUT2D eigenvalue weighted by atomic mass is 16.5. The molecule has 2 aliphatic rings. The van der Waals surface area contributed by atoms with Gasteiger partial charge >= 0.3 is 11.9 Å². The maximum atomic E-state index is 12.7. The fourth-order valence-electron chi connectivity index (χ4n) is 3.70. The maximum absolute atomic E-state index is 12.7. The van der Waals surface area contributed by atoms with Crippen molar-refractivity contribution in [1.29, 1.82) is 0 Å². The summed E-state index contributed by atoms with van der Waals surface area (Å²) in [4.78, 5) is 36.5. The summed E-state index contributed by atoms with van der Waals surface area (Å²) in [6, 6.07) is 0. The van der Waals surface area contributed by atoms with Crippen LogP contribution in [-0.4, -0.2) is 30.9 Å². The number of hydrogen-bond donors (Lipinski definition) is 0. The highest BCUT2D eigenvalue weighted by Crippen LogP contribution is 2.60. The minimum atomic E-state index is -0.500. The van der Waals surface area contributed by atoms with Gasteiger partial charge in [0.15, 0.2) is 5.78 Å². The number of ketones is 1. The molecule has 0 radical (unpaired) electrons. The molecule has 0 heterocycles. The Morgan fingerprint density at radius 2 is 2.00 bits per heavy atom. The Bertz CT molecular complexity index is 751. The lowest BCUT2D eigenvalue weighted by atomic mass is 10.1. The summed E-state index contributed by atoms with van der Waals surface area (Å²) in [6.07, 6.45) is 7.32. The average Bonchev–Trinajstić information content (AvgIpc) is 3.05. The Morgan fingerprint density at radius 3 is 2.59 bits per heavy atom. The van der Waals surface area contributed by atoms with Crippen LogP contribution in [0.4, 0.5) is 0 Å². The number of carbonyl (C=O) groups is 3. The monoisotopic (exact) mass is 372 g/mol. The molecule has 27 heavy (non-hydrogen) atoms. The summed E-state index contributed by atoms with van der Waals surface area (Å²) >= 11 is 0. The molecule has 0 aromatic rings. The summed E-state index contributed by atoms with van der Waals surface area (Å²) in [5, 5.41) is 0. The van der Waals surface area contributed by atoms with Gasteiger partial charge in [0.2, 0.25) is 0 Å². The Balaban J connectivity index is 2.07. The second-order valence-corrected chi connectivity index (χ2v) is 7.75. The smallest absolute Gasteiger partial charge is 0.333 e. The van der Waals surface area contributed by atoms with Crippen LogP contribution in [0.5, 0.6) is 0 Å². The van der Waals surface area contributed by atoms with Gasteiger partial charge in [0.25, 0.3) is 0 Å². The van der Waals surface area contributed by atoms with Crippen LogP contribution in [0.3, 0.4) is 0 Å². The molecular weight excluding hydrogens is 344 g/mol. The number of methoxy groups -OCH3 is 1. The van der Waals surface area contributed by atoms with E-state index in [4.69, 9.17) is 9.47 Å². The highest BCUT2D eigenvalue weighted by Gasteiger charge is 2.62. The molecule has 5 nitrogen and oxygen atoms in total. The Kier molecular flexibility index (Phi) is 6.24. The number of allylic oxidation sites excluding steroid dienone is 5. The van der Waals surface area contributed by atoms with E-state index in [9.17, 15) is 14.4 Å². The van der Waals surface area contributed by atoms with Gasteiger partial charge in [0.1, 0.15) is 6.10 Å². The summed E-state index contributed by atoms with van der Waals surface area (Å²) < 4.78 is 10.4. The van der Waals surface area contributed by atoms with Crippen molar-refractivity contribution < 1.29 is 23.9 Å². The number of esters is 2. The lowest BCUT2D eigenvalue weighted by Gasteiger charge is -2.13. The number of hydrogen-bond acceptors (Lipinski definition) is 5. The van der Waals surface area contributed by atoms with Crippen molar-refractivity contribution in [1.82, 2.24) is 0 Å². The van der Waals surface area contributed by atoms with Gasteiger partial charge in [-0.25, -0.2) is 4.79 Å². The van der Waals surface area contributed by atoms with Crippen LogP contribution < -0.4 is 0 Å². The van der Waals surface area contributed by atoms with E-state index in [1.54, 1.807) is 25.2 Å². The lowest BCUT2D eigenvalue weighted by molar-refractivity contribution is -0.150. The minimum absolute atomic E-state index is 0.0204. The van der Waals surface area contributed by atoms with Crippen molar-refractivity contribution in [2.45, 2.75) is 46.6 Å². The van der Waals surface area contributed by atoms with Crippen molar-refractivity contribution in [2.24, 2.45) is 17.3 Å². The van der Waals surface area contributed by atoms with Crippen molar-refractivity contribution >= 4 is 17.7 Å². The fraction of sp³-hybridized carbons (Fsp3) is 0.500. The summed E-state index contributed by atoms with van der Waals surface area (Å²) in [7, 11) is 1.33. The molecule has 0 unspecified atom stereocenters. The Labute approximate surface area is 160 Å². The average molecular weight is 372 g/mol. The fourth-order valence-corrected chi connectivity index (χ4v) is 3.70. The molecule has 2 rings (SSSR count). The van der Waals surface area contributed by atoms with Gasteiger partial charge in [-0.2, -0.15) is 0 Å². The zero-order chi connectivity index (χ0) is 20.4. The quantitative estimate of drug-likeness (QED) is 0.387. The van der Waals surface area contributed by atoms with E-state index in [1.165, 1.54) is 7.11 Å². The first-order valence-corrected chi connectivity index (χ1v) is 9.12. The van der Waals surface area contributed by atoms with Crippen molar-refractivity contribution in [3.63, 3.8) is 0 Å². The van der Waals surface area contributed by atoms with Crippen LogP contribution in [0, 0.1) is 17.3 Å². The number of rotatable bonds is 7. The highest BCUT2D eigenvalue weighted by molar-refractivity contribution is 6.00. The van der Waals surface area contributed by atoms with Gasteiger partial charge in [0, 0.05) is 11.1 Å². The van der Waals surface area contributed by atoms with E-state index in [0.29, 0.717) is 17.6 Å². The van der Waals surface area contributed by atoms with Crippen molar-refractivity contribution in [3.8, 4) is 0 Å². The topological polar surface area (TPSA) is 69.7 Å². The molecule has 1 fully saturated rings. The van der Waals surface area contributed by atoms with Crippen LogP contribution in [0.25, 0.3) is 0 Å². The molecule has 0 saturated heterocycles. The SMILES string of the molecule is C=C/C=C\CC1=C(C)[C@@H](OC(=O)[C@@H]2[C@@H](/C=C(\C)C(=O)OC)C2(C)C)CC1=O. The van der Waals surface area contributed by atoms with Gasteiger partial charge < -0.3 is 9.47 Å². The van der Waals surface area contributed by atoms with Crippen LogP contribution in [0.15, 0.2) is 47.6 Å². The zero-order valence-corrected chi connectivity index (χ0v) is 16.7. The predicted molar refractivity (Wildman–Crippen MR) is 103 cm³/mol. The maximum Gasteiger partial charge on any atom is 0.333 e. The van der Waals surface area contributed by atoms with Crippen LogP contribution in [0.1, 0.15) is 40.5 Å². The van der Waals surface area contributed by atoms with Crippen molar-refractivity contribution in [2.75, 3.05) is 7.11 Å². The third-order valence-corrected chi connectivity index (χ3v) is 5.62. The minimum Gasteiger partial charge on any atom is -0.466 e. The standard InChI is InChI=1S/C22H28O5/c1-7-8-9-10-15-14(3)18(12-17(15)23)27-21(25)19-16(22(19,4)5)11-13(2)20(24)26-6/h7-9,11,16,18-19H,1,10,12H2,2-6H3/b9-8-,13-11+/t16-,18+,19+/m1/s1. The summed E-state index contributed by atoms with van der Waals surface area (Å²) in [5.74, 6) is -1.11. The Hall–Kier alpha value is -2.43. The van der Waals surface area contributed by atoms with Gasteiger partial charge in [0.05, 0.1) is 19.4 Å². The van der Waals surface area contributed by atoms with Crippen LogP contribution in [0.2, 0.25) is 0 Å². The zero-order valence-electron chi connectivity index (χ0n) is 16.7. The van der Waals surface area contributed by atoms with E-state index >= 15 is 0 Å². The van der Waals surface area contributed by atoms with Gasteiger partial charge in [-0.05, 0) is 37.2 Å². The Morgan fingerprint density at radius 1 is 1.33 bits per heavy atom. The van der Waals surface area contributed by atoms with E-state index in [1.807, 2.05) is 26.8 Å². The molecule has 0 aromatic carbocycles. The number of carbonyl (C=O) groups excluding carboxylic acids is 3. The lowest BCUT2D eigenvalue weighted by Crippen LogP contribution is -2.20. The molecule has 0 spiro atoms. The van der Waals surface area contributed by atoms with Gasteiger partial charge in [-0.1, -0.05) is 44.7 Å². The molecule has 0 amide bonds. The molecule has 5 heteroatoms. The molecule has 3 atom stereocenters. The van der Waals surface area contributed by atoms with Gasteiger partial charge in [-0.15, -0.1) is 0 Å². The van der Waals surface area contributed by atoms with Crippen LogP contribution in [-0.2, 0) is 23.9 Å². The number of ether oxygens (including phenoxy) is 2. The molecule has 0 N–H and O–H groups in total. The summed E-state index contributed by atoms with van der Waals surface area (Å²) in [6.45, 7) is 11.1. The van der Waals surface area contributed by atoms with E-state index in [-0.39, 0.29) is 35.4 Å². The molecule has 1 saturated carbocycles. The molecule has 146 valence electrons. The van der Waals surface area contributed by atoms with Crippen molar-refractivity contribution in [3.05, 3.63) is 47.6 Å². The van der Waals surface area contributed by atoms with Crippen LogP contribution >= 0.6 is 0 Å². The molecule has 0 bridgehead atoms. The van der Waals surface area contributed by atoms with E-state index in [0.717, 1.165) is 5.57 Å². The number of Topliss-reactive ketones (excluding diaryl/α,β-unsaturated/α-hetero) is 1. The molecular formula is C22H28O5. The van der Waals surface area contributed by atoms with E-state index < -0.39 is 12.1 Å². The largest absolute Gasteiger partial charge is 0.466 e. The second-order valence-electron chi connectivity index (χ2n) is 7.75. The first-order chi connectivity index (χ1) is 12.6. The molecule has 2 aliphatic carbocycles. The molecule has 0 aliphatic heterocycles. The van der Waals surface area contributed by atoms with Gasteiger partial charge in [-0.3, -0.25) is 9.59 Å². The molecule has 0 aromatic heterocycles. The second kappa shape index (κ2) is 8.07.